The minimum absolute atomic E-state index is 0.187. The van der Waals surface area contributed by atoms with E-state index in [0.29, 0.717) is 17.3 Å². The lowest BCUT2D eigenvalue weighted by Crippen LogP contribution is -2.27. The highest BCUT2D eigenvalue weighted by atomic mass is 35.5. The fourth-order valence-electron chi connectivity index (χ4n) is 3.29. The summed E-state index contributed by atoms with van der Waals surface area (Å²) in [6, 6.07) is 2.91. The number of rotatable bonds is 5. The predicted octanol–water partition coefficient (Wildman–Crippen LogP) is 4.23. The number of nitrogens with zero attached hydrogens (tertiary/aromatic N) is 3. The number of anilines is 1. The average Bonchev–Trinajstić information content (AvgIpc) is 2.99. The number of pyridine rings is 2. The largest absolute Gasteiger partial charge is 0.405 e. The summed E-state index contributed by atoms with van der Waals surface area (Å²) in [5.74, 6) is 0.187. The molecule has 0 saturated carbocycles. The quantitative estimate of drug-likeness (QED) is 0.603. The molecule has 3 heterocycles. The van der Waals surface area contributed by atoms with Gasteiger partial charge in [0.25, 0.3) is 0 Å². The molecule has 144 valence electrons. The van der Waals surface area contributed by atoms with E-state index in [-0.39, 0.29) is 11.9 Å². The standard InChI is InChI=1S/C18H18ClF3N4O/c1-10-5-12(6-24-17(10)25-9-18(20,21)22)11(2)26-7-14-13(15(26)8-27)3-4-23-16(14)19/h3-6,8,11,15H,7,9H2,1-2H3,(H,24,25). The number of aromatic nitrogens is 2. The second-order valence-corrected chi connectivity index (χ2v) is 6.86. The average molecular weight is 399 g/mol. The molecule has 0 radical (unpaired) electrons. The van der Waals surface area contributed by atoms with Crippen molar-refractivity contribution in [2.75, 3.05) is 11.9 Å². The third-order valence-electron chi connectivity index (χ3n) is 4.72. The van der Waals surface area contributed by atoms with E-state index in [9.17, 15) is 18.0 Å². The Bertz CT molecular complexity index is 859. The first-order chi connectivity index (χ1) is 12.7. The van der Waals surface area contributed by atoms with E-state index in [2.05, 4.69) is 15.3 Å². The van der Waals surface area contributed by atoms with Gasteiger partial charge in [-0.05, 0) is 42.7 Å². The fraction of sp³-hybridized carbons (Fsp3) is 0.389. The number of carbonyl (C=O) groups excluding carboxylic acids is 1. The Morgan fingerprint density at radius 2 is 2.19 bits per heavy atom. The SMILES string of the molecule is Cc1cc(C(C)N2Cc3c(ccnc3Cl)C2C=O)cnc1NCC(F)(F)F. The molecule has 9 heteroatoms. The van der Waals surface area contributed by atoms with Crippen LogP contribution in [0.1, 0.15) is 41.3 Å². The number of fused-ring (bicyclic) bond motifs is 1. The van der Waals surface area contributed by atoms with E-state index in [1.165, 1.54) is 6.20 Å². The molecule has 0 saturated heterocycles. The molecule has 5 nitrogen and oxygen atoms in total. The zero-order chi connectivity index (χ0) is 19.8. The molecule has 3 rings (SSSR count). The predicted molar refractivity (Wildman–Crippen MR) is 95.5 cm³/mol. The van der Waals surface area contributed by atoms with Gasteiger partial charge < -0.3 is 10.1 Å². The maximum absolute atomic E-state index is 12.4. The van der Waals surface area contributed by atoms with Gasteiger partial charge in [0, 0.05) is 30.5 Å². The molecule has 2 aromatic heterocycles. The lowest BCUT2D eigenvalue weighted by Gasteiger charge is -2.28. The molecule has 0 amide bonds. The Labute approximate surface area is 159 Å². The summed E-state index contributed by atoms with van der Waals surface area (Å²) in [7, 11) is 0. The Morgan fingerprint density at radius 3 is 2.81 bits per heavy atom. The van der Waals surface area contributed by atoms with Crippen LogP contribution in [0.15, 0.2) is 24.5 Å². The summed E-state index contributed by atoms with van der Waals surface area (Å²) in [6.07, 6.45) is -0.357. The summed E-state index contributed by atoms with van der Waals surface area (Å²) in [6.45, 7) is 2.93. The number of carbonyl (C=O) groups is 1. The van der Waals surface area contributed by atoms with Gasteiger partial charge in [-0.1, -0.05) is 11.6 Å². The molecular formula is C18H18ClF3N4O. The number of halogens is 4. The van der Waals surface area contributed by atoms with Gasteiger partial charge in [0.2, 0.25) is 0 Å². The lowest BCUT2D eigenvalue weighted by atomic mass is 10.0. The van der Waals surface area contributed by atoms with Crippen LogP contribution in [-0.2, 0) is 11.3 Å². The maximum Gasteiger partial charge on any atom is 0.405 e. The van der Waals surface area contributed by atoms with Crippen LogP contribution < -0.4 is 5.32 Å². The first kappa shape index (κ1) is 19.6. The van der Waals surface area contributed by atoms with Gasteiger partial charge in [0.05, 0.1) is 6.04 Å². The number of nitrogens with one attached hydrogen (secondary N) is 1. The van der Waals surface area contributed by atoms with Crippen molar-refractivity contribution in [1.29, 1.82) is 0 Å². The number of aryl methyl sites for hydroxylation is 1. The van der Waals surface area contributed by atoms with Crippen LogP contribution in [0.3, 0.4) is 0 Å². The van der Waals surface area contributed by atoms with Gasteiger partial charge in [-0.2, -0.15) is 13.2 Å². The second-order valence-electron chi connectivity index (χ2n) is 6.50. The minimum Gasteiger partial charge on any atom is -0.361 e. The molecule has 2 atom stereocenters. The molecule has 0 fully saturated rings. The number of hydrogen-bond acceptors (Lipinski definition) is 5. The van der Waals surface area contributed by atoms with Gasteiger partial charge >= 0.3 is 6.18 Å². The van der Waals surface area contributed by atoms with E-state index < -0.39 is 18.8 Å². The maximum atomic E-state index is 12.4. The molecule has 1 aliphatic heterocycles. The summed E-state index contributed by atoms with van der Waals surface area (Å²) in [4.78, 5) is 21.8. The van der Waals surface area contributed by atoms with E-state index in [0.717, 1.165) is 23.0 Å². The molecule has 0 bridgehead atoms. The summed E-state index contributed by atoms with van der Waals surface area (Å²) < 4.78 is 37.2. The molecule has 0 spiro atoms. The van der Waals surface area contributed by atoms with Gasteiger partial charge in [-0.3, -0.25) is 4.90 Å². The topological polar surface area (TPSA) is 58.1 Å². The first-order valence-corrected chi connectivity index (χ1v) is 8.70. The van der Waals surface area contributed by atoms with Crippen LogP contribution in [0, 0.1) is 6.92 Å². The van der Waals surface area contributed by atoms with Crippen LogP contribution in [0.5, 0.6) is 0 Å². The summed E-state index contributed by atoms with van der Waals surface area (Å²) in [5, 5.41) is 2.67. The van der Waals surface area contributed by atoms with Crippen LogP contribution in [0.2, 0.25) is 5.15 Å². The number of alkyl halides is 3. The third-order valence-corrected chi connectivity index (χ3v) is 5.05. The van der Waals surface area contributed by atoms with E-state index in [1.807, 2.05) is 11.8 Å². The lowest BCUT2D eigenvalue weighted by molar-refractivity contribution is -0.115. The monoisotopic (exact) mass is 398 g/mol. The molecular weight excluding hydrogens is 381 g/mol. The summed E-state index contributed by atoms with van der Waals surface area (Å²) in [5.41, 5.74) is 3.04. The normalized spacial score (nSPS) is 18.2. The zero-order valence-corrected chi connectivity index (χ0v) is 15.5. The molecule has 27 heavy (non-hydrogen) atoms. The highest BCUT2D eigenvalue weighted by Gasteiger charge is 2.35. The van der Waals surface area contributed by atoms with Gasteiger partial charge in [-0.25, -0.2) is 9.97 Å². The van der Waals surface area contributed by atoms with Crippen molar-refractivity contribution in [3.05, 3.63) is 51.9 Å². The van der Waals surface area contributed by atoms with Crippen LogP contribution in [0.4, 0.5) is 19.0 Å². The van der Waals surface area contributed by atoms with Gasteiger partial charge in [-0.15, -0.1) is 0 Å². The van der Waals surface area contributed by atoms with E-state index in [1.54, 1.807) is 25.3 Å². The Morgan fingerprint density at radius 1 is 1.44 bits per heavy atom. The van der Waals surface area contributed by atoms with Crippen molar-refractivity contribution in [1.82, 2.24) is 14.9 Å². The van der Waals surface area contributed by atoms with Crippen molar-refractivity contribution >= 4 is 23.7 Å². The molecule has 1 aliphatic rings. The van der Waals surface area contributed by atoms with Crippen LogP contribution in [-0.4, -0.2) is 33.9 Å². The van der Waals surface area contributed by atoms with Crippen molar-refractivity contribution in [2.45, 2.75) is 38.7 Å². The van der Waals surface area contributed by atoms with Crippen molar-refractivity contribution in [3.63, 3.8) is 0 Å². The Balaban J connectivity index is 1.82. The molecule has 0 aliphatic carbocycles. The summed E-state index contributed by atoms with van der Waals surface area (Å²) >= 11 is 6.16. The minimum atomic E-state index is -4.31. The third kappa shape index (κ3) is 4.06. The Kier molecular flexibility index (Phi) is 5.39. The molecule has 1 N–H and O–H groups in total. The van der Waals surface area contributed by atoms with Crippen LogP contribution in [0.25, 0.3) is 0 Å². The highest BCUT2D eigenvalue weighted by Crippen LogP contribution is 2.40. The van der Waals surface area contributed by atoms with Crippen molar-refractivity contribution in [2.24, 2.45) is 0 Å². The fourth-order valence-corrected chi connectivity index (χ4v) is 3.51. The first-order valence-electron chi connectivity index (χ1n) is 8.32. The molecule has 2 unspecified atom stereocenters. The highest BCUT2D eigenvalue weighted by molar-refractivity contribution is 6.30. The van der Waals surface area contributed by atoms with Crippen LogP contribution >= 0.6 is 11.6 Å². The van der Waals surface area contributed by atoms with Crippen molar-refractivity contribution in [3.8, 4) is 0 Å². The van der Waals surface area contributed by atoms with Gasteiger partial charge in [0.1, 0.15) is 23.8 Å². The van der Waals surface area contributed by atoms with E-state index >= 15 is 0 Å². The Hall–Kier alpha value is -2.19. The van der Waals surface area contributed by atoms with Crippen molar-refractivity contribution < 1.29 is 18.0 Å². The second kappa shape index (κ2) is 7.44. The smallest absolute Gasteiger partial charge is 0.361 e. The number of hydrogen-bond donors (Lipinski definition) is 1. The molecule has 2 aromatic rings. The molecule has 0 aromatic carbocycles. The zero-order valence-electron chi connectivity index (χ0n) is 14.7. The van der Waals surface area contributed by atoms with E-state index in [4.69, 9.17) is 11.6 Å². The number of aldehydes is 1. The van der Waals surface area contributed by atoms with Gasteiger partial charge in [0.15, 0.2) is 0 Å².